The Morgan fingerprint density at radius 1 is 1.26 bits per heavy atom. The average Bonchev–Trinajstić information content (AvgIpc) is 3.77. The molecule has 4 N–H and O–H groups in total. The lowest BCUT2D eigenvalue weighted by molar-refractivity contribution is -0.151. The van der Waals surface area contributed by atoms with Gasteiger partial charge in [-0.2, -0.15) is 0 Å². The molecule has 3 aliphatic heterocycles. The first kappa shape index (κ1) is 38.2. The molecule has 0 aromatic heterocycles. The Bertz CT molecular complexity index is 1100. The molecule has 0 bridgehead atoms. The van der Waals surface area contributed by atoms with Gasteiger partial charge in [0.1, 0.15) is 11.7 Å². The molecule has 11 nitrogen and oxygen atoms in total. The highest BCUT2D eigenvalue weighted by atomic mass is 16.6. The Morgan fingerprint density at radius 2 is 1.98 bits per heavy atom. The number of epoxide rings is 1. The fraction of sp³-hybridized carbons (Fsp3) is 0.771. The first-order chi connectivity index (χ1) is 21.5. The summed E-state index contributed by atoms with van der Waals surface area (Å²) in [5.74, 6) is -0.943. The van der Waals surface area contributed by atoms with Crippen molar-refractivity contribution in [2.75, 3.05) is 33.2 Å². The predicted octanol–water partition coefficient (Wildman–Crippen LogP) is 3.35. The Labute approximate surface area is 274 Å². The number of hydrogen-bond acceptors (Lipinski definition) is 10. The number of aliphatic hydroxyl groups is 4. The van der Waals surface area contributed by atoms with Crippen molar-refractivity contribution in [1.29, 1.82) is 0 Å². The number of hydrogen-bond donors (Lipinski definition) is 4. The highest BCUT2D eigenvalue weighted by Crippen LogP contribution is 2.37. The Kier molecular flexibility index (Phi) is 13.9. The van der Waals surface area contributed by atoms with Crippen LogP contribution < -0.4 is 0 Å². The van der Waals surface area contributed by atoms with Crippen LogP contribution in [0, 0.1) is 11.8 Å². The maximum atomic E-state index is 13.2. The minimum absolute atomic E-state index is 0.0103. The summed E-state index contributed by atoms with van der Waals surface area (Å²) in [7, 11) is 2.01. The van der Waals surface area contributed by atoms with E-state index in [9.17, 15) is 30.0 Å². The van der Waals surface area contributed by atoms with Crippen LogP contribution >= 0.6 is 0 Å². The van der Waals surface area contributed by atoms with Gasteiger partial charge in [0.15, 0.2) is 6.10 Å². The van der Waals surface area contributed by atoms with Crippen LogP contribution in [0.5, 0.6) is 0 Å². The number of allylic oxidation sites excluding steroid dienone is 2. The summed E-state index contributed by atoms with van der Waals surface area (Å²) in [5.41, 5.74) is -1.93. The molecule has 0 aromatic carbocycles. The van der Waals surface area contributed by atoms with Gasteiger partial charge in [-0.1, -0.05) is 45.1 Å². The van der Waals surface area contributed by atoms with Crippen LogP contribution in [0.2, 0.25) is 0 Å². The molecule has 3 heterocycles. The quantitative estimate of drug-likeness (QED) is 0.127. The first-order valence-electron chi connectivity index (χ1n) is 16.9. The number of rotatable bonds is 9. The van der Waals surface area contributed by atoms with Crippen LogP contribution in [0.15, 0.2) is 36.0 Å². The standard InChI is InChI=1S/C35H58N2O9/c1-8-27(39)25(4)32-28(44-32)22-34(5,42)15-9-11-23(2)31-24(3)12-13-29(35(6,43)16-14-26(38)21-30(40)46-31)45-33(41)37-18-10-17-36(7)19-20-37/h9,11-13,15,24-29,31-32,38-39,42-43H,8,10,14,16-22H2,1-7H3/b13-12-,15-9+,23-11+. The van der Waals surface area contributed by atoms with Crippen molar-refractivity contribution in [1.82, 2.24) is 9.80 Å². The van der Waals surface area contributed by atoms with Gasteiger partial charge < -0.3 is 44.4 Å². The number of carbonyl (C=O) groups is 2. The zero-order valence-corrected chi connectivity index (χ0v) is 28.8. The van der Waals surface area contributed by atoms with Gasteiger partial charge >= 0.3 is 12.1 Å². The van der Waals surface area contributed by atoms with Crippen molar-refractivity contribution in [3.63, 3.8) is 0 Å². The molecule has 0 radical (unpaired) electrons. The minimum Gasteiger partial charge on any atom is -0.457 e. The summed E-state index contributed by atoms with van der Waals surface area (Å²) in [6.45, 7) is 13.6. The molecular formula is C35H58N2O9. The molecule has 0 aliphatic carbocycles. The molecule has 0 saturated carbocycles. The summed E-state index contributed by atoms with van der Waals surface area (Å²) in [5, 5.41) is 43.1. The monoisotopic (exact) mass is 650 g/mol. The molecule has 46 heavy (non-hydrogen) atoms. The molecule has 3 aliphatic rings. The number of carbonyl (C=O) groups excluding carboxylic acids is 2. The second-order valence-electron chi connectivity index (χ2n) is 14.2. The fourth-order valence-electron chi connectivity index (χ4n) is 6.21. The summed E-state index contributed by atoms with van der Waals surface area (Å²) in [6, 6.07) is 0. The maximum absolute atomic E-state index is 13.2. The van der Waals surface area contributed by atoms with Gasteiger partial charge in [-0.05, 0) is 71.7 Å². The molecule has 0 aromatic rings. The normalized spacial score (nSPS) is 35.6. The summed E-state index contributed by atoms with van der Waals surface area (Å²) < 4.78 is 17.5. The molecule has 262 valence electrons. The summed E-state index contributed by atoms with van der Waals surface area (Å²) in [6.07, 6.45) is 6.56. The van der Waals surface area contributed by atoms with Gasteiger partial charge in [0.25, 0.3) is 0 Å². The third kappa shape index (κ3) is 11.5. The van der Waals surface area contributed by atoms with Gasteiger partial charge in [0, 0.05) is 37.9 Å². The van der Waals surface area contributed by atoms with E-state index < -0.39 is 47.7 Å². The van der Waals surface area contributed by atoms with E-state index in [1.807, 2.05) is 34.7 Å². The molecular weight excluding hydrogens is 592 g/mol. The lowest BCUT2D eigenvalue weighted by Crippen LogP contribution is -2.45. The van der Waals surface area contributed by atoms with Crippen molar-refractivity contribution in [2.45, 2.75) is 128 Å². The molecule has 1 amide bonds. The third-order valence-corrected chi connectivity index (χ3v) is 9.57. The van der Waals surface area contributed by atoms with Crippen LogP contribution in [-0.2, 0) is 19.0 Å². The van der Waals surface area contributed by atoms with E-state index in [2.05, 4.69) is 4.90 Å². The molecule has 2 saturated heterocycles. The van der Waals surface area contributed by atoms with Crippen LogP contribution in [0.4, 0.5) is 4.79 Å². The van der Waals surface area contributed by atoms with Crippen LogP contribution in [0.3, 0.4) is 0 Å². The number of likely N-dealkylation sites (N-methyl/N-ethyl adjacent to an activating group) is 1. The van der Waals surface area contributed by atoms with E-state index >= 15 is 0 Å². The number of amides is 1. The molecule has 10 unspecified atom stereocenters. The van der Waals surface area contributed by atoms with E-state index in [0.717, 1.165) is 19.5 Å². The van der Waals surface area contributed by atoms with Crippen molar-refractivity contribution in [3.8, 4) is 0 Å². The van der Waals surface area contributed by atoms with Crippen LogP contribution in [-0.4, -0.2) is 123 Å². The number of nitrogens with zero attached hydrogens (tertiary/aromatic N) is 2. The largest absolute Gasteiger partial charge is 0.457 e. The van der Waals surface area contributed by atoms with Gasteiger partial charge in [0.2, 0.25) is 0 Å². The van der Waals surface area contributed by atoms with Crippen LogP contribution in [0.25, 0.3) is 0 Å². The van der Waals surface area contributed by atoms with Gasteiger partial charge in [-0.3, -0.25) is 4.79 Å². The van der Waals surface area contributed by atoms with Crippen molar-refractivity contribution < 1.29 is 44.2 Å². The zero-order valence-electron chi connectivity index (χ0n) is 28.8. The third-order valence-electron chi connectivity index (χ3n) is 9.57. The Hall–Kier alpha value is -2.28. The Morgan fingerprint density at radius 3 is 2.67 bits per heavy atom. The first-order valence-corrected chi connectivity index (χ1v) is 16.9. The van der Waals surface area contributed by atoms with Crippen molar-refractivity contribution in [3.05, 3.63) is 36.0 Å². The molecule has 3 rings (SSSR count). The lowest BCUT2D eigenvalue weighted by Gasteiger charge is -2.34. The van der Waals surface area contributed by atoms with Gasteiger partial charge in [-0.15, -0.1) is 0 Å². The highest BCUT2D eigenvalue weighted by molar-refractivity contribution is 5.70. The second-order valence-corrected chi connectivity index (χ2v) is 14.2. The van der Waals surface area contributed by atoms with E-state index in [0.29, 0.717) is 31.5 Å². The summed E-state index contributed by atoms with van der Waals surface area (Å²) >= 11 is 0. The second kappa shape index (κ2) is 16.7. The zero-order chi connectivity index (χ0) is 34.2. The number of ether oxygens (including phenoxy) is 3. The topological polar surface area (TPSA) is 153 Å². The number of esters is 1. The van der Waals surface area contributed by atoms with Crippen molar-refractivity contribution in [2.24, 2.45) is 11.8 Å². The predicted molar refractivity (Wildman–Crippen MR) is 175 cm³/mol. The van der Waals surface area contributed by atoms with E-state index in [-0.39, 0.29) is 43.3 Å². The molecule has 11 heteroatoms. The maximum Gasteiger partial charge on any atom is 0.410 e. The fourth-order valence-corrected chi connectivity index (χ4v) is 6.21. The van der Waals surface area contributed by atoms with E-state index in [1.165, 1.54) is 0 Å². The summed E-state index contributed by atoms with van der Waals surface area (Å²) in [4.78, 5) is 29.8. The molecule has 0 spiro atoms. The highest BCUT2D eigenvalue weighted by Gasteiger charge is 2.47. The van der Waals surface area contributed by atoms with Gasteiger partial charge in [0.05, 0.1) is 36.4 Å². The van der Waals surface area contributed by atoms with E-state index in [1.54, 1.807) is 49.1 Å². The van der Waals surface area contributed by atoms with Crippen molar-refractivity contribution >= 4 is 12.1 Å². The smallest absolute Gasteiger partial charge is 0.410 e. The number of cyclic esters (lactones) is 1. The van der Waals surface area contributed by atoms with Crippen LogP contribution in [0.1, 0.15) is 80.1 Å². The number of aliphatic hydroxyl groups excluding tert-OH is 2. The average molecular weight is 651 g/mol. The van der Waals surface area contributed by atoms with Gasteiger partial charge in [-0.25, -0.2) is 4.79 Å². The van der Waals surface area contributed by atoms with E-state index in [4.69, 9.17) is 14.2 Å². The SMILES string of the molecule is CCC(O)C(C)C1OC1CC(C)(O)/C=C/C=C(\C)C1OC(=O)CC(O)CCC(C)(O)C(OC(=O)N2CCCN(C)CC2)/C=C\C1C. The molecule has 2 fully saturated rings. The molecule has 10 atom stereocenters. The Balaban J connectivity index is 1.75. The lowest BCUT2D eigenvalue weighted by atomic mass is 9.88. The minimum atomic E-state index is -1.48.